The fourth-order valence-corrected chi connectivity index (χ4v) is 1.58. The number of allylic oxidation sites excluding steroid dienone is 4. The fraction of sp³-hybridized carbons (Fsp3) is 0.455. The van der Waals surface area contributed by atoms with Gasteiger partial charge in [-0.3, -0.25) is 0 Å². The van der Waals surface area contributed by atoms with E-state index in [0.717, 1.165) is 12.8 Å². The maximum absolute atomic E-state index is 12.3. The van der Waals surface area contributed by atoms with E-state index in [4.69, 9.17) is 0 Å². The number of rotatable bonds is 2. The molecule has 0 radical (unpaired) electrons. The van der Waals surface area contributed by atoms with Crippen LogP contribution in [0.5, 0.6) is 0 Å². The molecule has 0 aromatic carbocycles. The molecule has 1 aliphatic rings. The highest BCUT2D eigenvalue weighted by Gasteiger charge is 2.38. The fourth-order valence-electron chi connectivity index (χ4n) is 1.58. The second-order valence-corrected chi connectivity index (χ2v) is 3.83. The monoisotopic (exact) mass is 244 g/mol. The molecular formula is C11H11F3N2O. The predicted molar refractivity (Wildman–Crippen MR) is 54.8 cm³/mol. The van der Waals surface area contributed by atoms with Gasteiger partial charge in [0.2, 0.25) is 5.89 Å². The smallest absolute Gasteiger partial charge is 0.413 e. The number of aromatic nitrogens is 2. The molecule has 0 saturated carbocycles. The Balaban J connectivity index is 2.17. The predicted octanol–water partition coefficient (Wildman–Crippen LogP) is 3.46. The zero-order valence-corrected chi connectivity index (χ0v) is 9.16. The van der Waals surface area contributed by atoms with Crippen molar-refractivity contribution in [1.82, 2.24) is 10.2 Å². The van der Waals surface area contributed by atoms with E-state index < -0.39 is 12.1 Å². The van der Waals surface area contributed by atoms with Crippen molar-refractivity contribution in [3.63, 3.8) is 0 Å². The lowest BCUT2D eigenvalue weighted by atomic mass is 9.95. The molecule has 17 heavy (non-hydrogen) atoms. The molecule has 1 atom stereocenters. The highest BCUT2D eigenvalue weighted by atomic mass is 19.4. The molecule has 1 aromatic heterocycles. The lowest BCUT2D eigenvalue weighted by Gasteiger charge is -2.11. The number of hydrogen-bond acceptors (Lipinski definition) is 3. The lowest BCUT2D eigenvalue weighted by Crippen LogP contribution is -2.04. The maximum Gasteiger partial charge on any atom is 0.470 e. The van der Waals surface area contributed by atoms with Crippen molar-refractivity contribution >= 4 is 5.57 Å². The minimum Gasteiger partial charge on any atom is -0.413 e. The molecule has 0 bridgehead atoms. The van der Waals surface area contributed by atoms with Crippen molar-refractivity contribution in [2.75, 3.05) is 0 Å². The van der Waals surface area contributed by atoms with Crippen LogP contribution in [0.2, 0.25) is 0 Å². The number of hydrogen-bond donors (Lipinski definition) is 0. The highest BCUT2D eigenvalue weighted by molar-refractivity contribution is 5.69. The summed E-state index contributed by atoms with van der Waals surface area (Å²) in [5.74, 6) is -0.952. The summed E-state index contributed by atoms with van der Waals surface area (Å²) in [6.45, 7) is 2.06. The van der Waals surface area contributed by atoms with Gasteiger partial charge in [-0.1, -0.05) is 25.2 Å². The van der Waals surface area contributed by atoms with Gasteiger partial charge in [0.05, 0.1) is 0 Å². The van der Waals surface area contributed by atoms with Gasteiger partial charge >= 0.3 is 12.1 Å². The van der Waals surface area contributed by atoms with Gasteiger partial charge in [-0.15, -0.1) is 10.2 Å². The van der Waals surface area contributed by atoms with Gasteiger partial charge in [0.25, 0.3) is 0 Å². The Hall–Kier alpha value is -1.59. The summed E-state index contributed by atoms with van der Waals surface area (Å²) in [7, 11) is 0. The van der Waals surface area contributed by atoms with Crippen LogP contribution >= 0.6 is 0 Å². The average molecular weight is 244 g/mol. The van der Waals surface area contributed by atoms with Gasteiger partial charge in [0.15, 0.2) is 0 Å². The van der Waals surface area contributed by atoms with E-state index in [1.54, 1.807) is 6.08 Å². The molecule has 1 aromatic rings. The third kappa shape index (κ3) is 2.57. The SMILES string of the molecule is CCC1C=CC(c2nnc(C(F)(F)F)o2)=CC1. The van der Waals surface area contributed by atoms with E-state index in [1.807, 2.05) is 12.2 Å². The molecule has 0 amide bonds. The molecule has 0 saturated heterocycles. The van der Waals surface area contributed by atoms with Gasteiger partial charge in [-0.05, 0) is 18.8 Å². The van der Waals surface area contributed by atoms with Gasteiger partial charge in [0.1, 0.15) is 0 Å². The quantitative estimate of drug-likeness (QED) is 0.799. The topological polar surface area (TPSA) is 38.9 Å². The second-order valence-electron chi connectivity index (χ2n) is 3.83. The van der Waals surface area contributed by atoms with Crippen LogP contribution in [0.25, 0.3) is 5.57 Å². The minimum absolute atomic E-state index is 0.0804. The van der Waals surface area contributed by atoms with Crippen molar-refractivity contribution in [2.45, 2.75) is 25.9 Å². The molecule has 1 heterocycles. The van der Waals surface area contributed by atoms with Crippen molar-refractivity contribution in [1.29, 1.82) is 0 Å². The molecule has 0 N–H and O–H groups in total. The van der Waals surface area contributed by atoms with Crippen molar-refractivity contribution < 1.29 is 17.6 Å². The molecule has 1 aliphatic carbocycles. The van der Waals surface area contributed by atoms with Crippen molar-refractivity contribution in [3.05, 3.63) is 30.0 Å². The maximum atomic E-state index is 12.3. The minimum atomic E-state index is -4.59. The molecule has 0 fully saturated rings. The first-order valence-corrected chi connectivity index (χ1v) is 5.30. The summed E-state index contributed by atoms with van der Waals surface area (Å²) < 4.78 is 41.3. The largest absolute Gasteiger partial charge is 0.470 e. The standard InChI is InChI=1S/C11H11F3N2O/c1-2-7-3-5-8(6-4-7)9-15-16-10(17-9)11(12,13)14/h3,5-7H,2,4H2,1H3. The number of halogens is 3. The van der Waals surface area contributed by atoms with Gasteiger partial charge in [0, 0.05) is 5.57 Å². The Labute approximate surface area is 96.0 Å². The average Bonchev–Trinajstić information content (AvgIpc) is 2.78. The summed E-state index contributed by atoms with van der Waals surface area (Å²) in [5.41, 5.74) is 0.553. The number of nitrogens with zero attached hydrogens (tertiary/aromatic N) is 2. The first kappa shape index (κ1) is 11.9. The second kappa shape index (κ2) is 4.35. The number of alkyl halides is 3. The molecule has 6 heteroatoms. The van der Waals surface area contributed by atoms with Crippen LogP contribution in [0, 0.1) is 5.92 Å². The third-order valence-electron chi connectivity index (χ3n) is 2.63. The summed E-state index contributed by atoms with van der Waals surface area (Å²) in [4.78, 5) is 0. The third-order valence-corrected chi connectivity index (χ3v) is 2.63. The Morgan fingerprint density at radius 1 is 1.41 bits per heavy atom. The molecule has 1 unspecified atom stereocenters. The van der Waals surface area contributed by atoms with Crippen LogP contribution in [0.15, 0.2) is 22.6 Å². The Morgan fingerprint density at radius 3 is 2.65 bits per heavy atom. The van der Waals surface area contributed by atoms with Gasteiger partial charge in [-0.25, -0.2) is 0 Å². The lowest BCUT2D eigenvalue weighted by molar-refractivity contribution is -0.157. The highest BCUT2D eigenvalue weighted by Crippen LogP contribution is 2.31. The van der Waals surface area contributed by atoms with Gasteiger partial charge < -0.3 is 4.42 Å². The van der Waals surface area contributed by atoms with Crippen LogP contribution in [0.3, 0.4) is 0 Å². The molecule has 0 spiro atoms. The summed E-state index contributed by atoms with van der Waals surface area (Å²) in [6.07, 6.45) is 2.69. The van der Waals surface area contributed by atoms with E-state index in [0.29, 0.717) is 11.5 Å². The molecule has 2 rings (SSSR count). The molecular weight excluding hydrogens is 233 g/mol. The Kier molecular flexibility index (Phi) is 3.04. The molecule has 92 valence electrons. The first-order chi connectivity index (χ1) is 8.00. The van der Waals surface area contributed by atoms with Crippen LogP contribution in [0.1, 0.15) is 31.5 Å². The summed E-state index contributed by atoms with van der Waals surface area (Å²) >= 11 is 0. The summed E-state index contributed by atoms with van der Waals surface area (Å²) in [5, 5.41) is 6.39. The van der Waals surface area contributed by atoms with E-state index >= 15 is 0 Å². The van der Waals surface area contributed by atoms with Crippen molar-refractivity contribution in [3.8, 4) is 0 Å². The summed E-state index contributed by atoms with van der Waals surface area (Å²) in [6, 6.07) is 0. The van der Waals surface area contributed by atoms with Crippen LogP contribution in [0.4, 0.5) is 13.2 Å². The van der Waals surface area contributed by atoms with E-state index in [-0.39, 0.29) is 5.89 Å². The van der Waals surface area contributed by atoms with Gasteiger partial charge in [-0.2, -0.15) is 13.2 Å². The first-order valence-electron chi connectivity index (χ1n) is 5.30. The van der Waals surface area contributed by atoms with E-state index in [9.17, 15) is 13.2 Å². The Bertz CT molecular complexity index is 460. The Morgan fingerprint density at radius 2 is 2.18 bits per heavy atom. The normalized spacial score (nSPS) is 20.5. The van der Waals surface area contributed by atoms with Crippen LogP contribution in [-0.4, -0.2) is 10.2 Å². The van der Waals surface area contributed by atoms with Crippen LogP contribution in [-0.2, 0) is 6.18 Å². The van der Waals surface area contributed by atoms with E-state index in [1.165, 1.54) is 0 Å². The zero-order chi connectivity index (χ0) is 12.5. The molecule has 3 nitrogen and oxygen atoms in total. The van der Waals surface area contributed by atoms with Crippen LogP contribution < -0.4 is 0 Å². The molecule has 0 aliphatic heterocycles. The zero-order valence-electron chi connectivity index (χ0n) is 9.16. The van der Waals surface area contributed by atoms with Crippen molar-refractivity contribution in [2.24, 2.45) is 5.92 Å². The van der Waals surface area contributed by atoms with E-state index in [2.05, 4.69) is 21.5 Å².